The minimum atomic E-state index is -1.21. The van der Waals surface area contributed by atoms with Crippen molar-refractivity contribution in [3.05, 3.63) is 89.0 Å². The number of carboxylic acid groups (broad SMARTS) is 1. The van der Waals surface area contributed by atoms with E-state index in [4.69, 9.17) is 9.73 Å². The number of nitrogens with zero attached hydrogens (tertiary/aromatic N) is 3. The summed E-state index contributed by atoms with van der Waals surface area (Å²) in [6, 6.07) is 18.5. The van der Waals surface area contributed by atoms with Gasteiger partial charge in [-0.05, 0) is 44.4 Å². The molecule has 1 amide bonds. The highest BCUT2D eigenvalue weighted by molar-refractivity contribution is 6.22. The van der Waals surface area contributed by atoms with E-state index < -0.39 is 11.9 Å². The van der Waals surface area contributed by atoms with E-state index in [0.29, 0.717) is 39.0 Å². The molecule has 1 aromatic heterocycles. The zero-order valence-electron chi connectivity index (χ0n) is 21.9. The van der Waals surface area contributed by atoms with E-state index in [9.17, 15) is 24.6 Å². The lowest BCUT2D eigenvalue weighted by atomic mass is 10.00. The third-order valence-electron chi connectivity index (χ3n) is 6.12. The number of likely N-dealkylation sites (N-methyl/N-ethyl adjacent to an activating group) is 2. The quantitative estimate of drug-likeness (QED) is 0.232. The van der Waals surface area contributed by atoms with Crippen LogP contribution in [0.25, 0.3) is 10.9 Å². The van der Waals surface area contributed by atoms with Gasteiger partial charge in [0, 0.05) is 23.5 Å². The van der Waals surface area contributed by atoms with Gasteiger partial charge >= 0.3 is 11.9 Å². The fourth-order valence-corrected chi connectivity index (χ4v) is 4.23. The van der Waals surface area contributed by atoms with Crippen LogP contribution in [-0.4, -0.2) is 78.5 Å². The summed E-state index contributed by atoms with van der Waals surface area (Å²) in [5, 5.41) is 21.5. The third-order valence-corrected chi connectivity index (χ3v) is 6.12. The van der Waals surface area contributed by atoms with Gasteiger partial charge in [0.2, 0.25) is 5.91 Å². The normalized spacial score (nSPS) is 11.6. The van der Waals surface area contributed by atoms with Crippen LogP contribution in [0, 0.1) is 0 Å². The molecular formula is C29H28N4O6. The van der Waals surface area contributed by atoms with Crippen LogP contribution in [0.5, 0.6) is 5.88 Å². The number of aromatic nitrogens is 1. The van der Waals surface area contributed by atoms with Gasteiger partial charge in [-0.15, -0.1) is 0 Å². The minimum absolute atomic E-state index is 0.0934. The van der Waals surface area contributed by atoms with Crippen LogP contribution in [-0.2, 0) is 9.53 Å². The zero-order valence-corrected chi connectivity index (χ0v) is 21.9. The van der Waals surface area contributed by atoms with Gasteiger partial charge in [-0.3, -0.25) is 4.79 Å². The highest BCUT2D eigenvalue weighted by atomic mass is 16.5. The predicted octanol–water partition coefficient (Wildman–Crippen LogP) is 4.05. The summed E-state index contributed by atoms with van der Waals surface area (Å²) in [5.41, 5.74) is 2.69. The first-order valence-corrected chi connectivity index (χ1v) is 12.0. The van der Waals surface area contributed by atoms with Crippen molar-refractivity contribution in [1.82, 2.24) is 9.88 Å². The largest absolute Gasteiger partial charge is 0.494 e. The Bertz CT molecular complexity index is 1590. The van der Waals surface area contributed by atoms with Crippen LogP contribution in [0.1, 0.15) is 31.8 Å². The van der Waals surface area contributed by atoms with E-state index in [1.807, 2.05) is 30.3 Å². The van der Waals surface area contributed by atoms with Gasteiger partial charge in [0.15, 0.2) is 5.88 Å². The van der Waals surface area contributed by atoms with Gasteiger partial charge in [-0.1, -0.05) is 36.4 Å². The first kappa shape index (κ1) is 27.1. The number of hydrogen-bond acceptors (Lipinski definition) is 7. The number of carbonyl (C=O) groups is 3. The molecule has 0 unspecified atom stereocenters. The summed E-state index contributed by atoms with van der Waals surface area (Å²) < 4.78 is 4.79. The molecule has 3 aromatic carbocycles. The molecule has 0 fully saturated rings. The Labute approximate surface area is 224 Å². The van der Waals surface area contributed by atoms with Gasteiger partial charge in [0.25, 0.3) is 0 Å². The van der Waals surface area contributed by atoms with Gasteiger partial charge in [0.1, 0.15) is 0 Å². The molecule has 0 atom stereocenters. The Morgan fingerprint density at radius 2 is 1.67 bits per heavy atom. The molecule has 3 N–H and O–H groups in total. The van der Waals surface area contributed by atoms with Gasteiger partial charge in [-0.25, -0.2) is 14.6 Å². The lowest BCUT2D eigenvalue weighted by Gasteiger charge is -2.21. The van der Waals surface area contributed by atoms with Crippen LogP contribution in [0.15, 0.2) is 71.7 Å². The second-order valence-corrected chi connectivity index (χ2v) is 9.12. The number of nitrogens with one attached hydrogen (secondary N) is 1. The molecule has 10 heteroatoms. The van der Waals surface area contributed by atoms with E-state index in [0.717, 1.165) is 0 Å². The zero-order chi connectivity index (χ0) is 28.3. The summed E-state index contributed by atoms with van der Waals surface area (Å²) in [5.74, 6) is -2.16. The van der Waals surface area contributed by atoms with Crippen molar-refractivity contribution in [2.45, 2.75) is 0 Å². The number of benzene rings is 3. The van der Waals surface area contributed by atoms with Crippen molar-refractivity contribution in [3.63, 3.8) is 0 Å². The molecule has 200 valence electrons. The number of aromatic amines is 1. The molecule has 1 heterocycles. The molecule has 0 saturated carbocycles. The van der Waals surface area contributed by atoms with Crippen molar-refractivity contribution in [3.8, 4) is 5.88 Å². The molecule has 4 aromatic rings. The highest BCUT2D eigenvalue weighted by Gasteiger charge is 2.22. The van der Waals surface area contributed by atoms with Crippen molar-refractivity contribution < 1.29 is 29.3 Å². The second kappa shape index (κ2) is 11.2. The first-order valence-electron chi connectivity index (χ1n) is 12.0. The SMILES string of the molecule is COC(=O)c1ccc2c(C(=Nc3ccc(N(C)C(=O)CN(C)C)c(C(=O)O)c3)c3ccccc3)c(O)[nH]c2c1. The Morgan fingerprint density at radius 1 is 0.949 bits per heavy atom. The molecule has 0 radical (unpaired) electrons. The maximum atomic E-state index is 12.6. The monoisotopic (exact) mass is 528 g/mol. The lowest BCUT2D eigenvalue weighted by molar-refractivity contribution is -0.118. The molecule has 0 aliphatic rings. The van der Waals surface area contributed by atoms with Gasteiger partial charge in [0.05, 0.1) is 47.4 Å². The minimum Gasteiger partial charge on any atom is -0.494 e. The summed E-state index contributed by atoms with van der Waals surface area (Å²) in [6.45, 7) is 0.116. The Kier molecular flexibility index (Phi) is 7.78. The Morgan fingerprint density at radius 3 is 2.31 bits per heavy atom. The van der Waals surface area contributed by atoms with Crippen molar-refractivity contribution >= 4 is 45.8 Å². The number of amides is 1. The molecule has 0 saturated heterocycles. The Balaban J connectivity index is 1.88. The molecule has 10 nitrogen and oxygen atoms in total. The number of aliphatic imine (C=N–C) groups is 1. The topological polar surface area (TPSA) is 136 Å². The average Bonchev–Trinajstić information content (AvgIpc) is 3.25. The van der Waals surface area contributed by atoms with Gasteiger partial charge in [-0.2, -0.15) is 0 Å². The van der Waals surface area contributed by atoms with Crippen molar-refractivity contribution in [2.75, 3.05) is 39.7 Å². The predicted molar refractivity (Wildman–Crippen MR) is 148 cm³/mol. The number of aromatic hydroxyl groups is 1. The number of carboxylic acids is 1. The van der Waals surface area contributed by atoms with Crippen LogP contribution < -0.4 is 4.90 Å². The number of H-pyrrole nitrogens is 1. The number of hydrogen-bond donors (Lipinski definition) is 3. The van der Waals surface area contributed by atoms with Crippen molar-refractivity contribution in [1.29, 1.82) is 0 Å². The number of esters is 1. The van der Waals surface area contributed by atoms with E-state index in [1.165, 1.54) is 31.2 Å². The van der Waals surface area contributed by atoms with Crippen LogP contribution in [0.2, 0.25) is 0 Å². The smallest absolute Gasteiger partial charge is 0.337 e. The molecule has 0 bridgehead atoms. The Hall–Kier alpha value is -4.96. The number of carbonyl (C=O) groups excluding carboxylic acids is 2. The molecular weight excluding hydrogens is 500 g/mol. The van der Waals surface area contributed by atoms with Crippen LogP contribution in [0.4, 0.5) is 11.4 Å². The molecule has 39 heavy (non-hydrogen) atoms. The molecule has 0 spiro atoms. The van der Waals surface area contributed by atoms with Crippen molar-refractivity contribution in [2.24, 2.45) is 4.99 Å². The maximum Gasteiger partial charge on any atom is 0.337 e. The summed E-state index contributed by atoms with van der Waals surface area (Å²) in [7, 11) is 6.32. The lowest BCUT2D eigenvalue weighted by Crippen LogP contribution is -2.35. The summed E-state index contributed by atoms with van der Waals surface area (Å²) in [6.07, 6.45) is 0. The number of anilines is 1. The summed E-state index contributed by atoms with van der Waals surface area (Å²) >= 11 is 0. The standard InChI is InChI=1S/C29H28N4O6/c1-32(2)16-24(34)33(3)23-13-11-19(15-21(23)28(36)37)30-26(17-8-6-5-7-9-17)25-20-12-10-18(29(38)39-4)14-22(20)31-27(25)35/h5-15,31,35H,16H2,1-4H3,(H,36,37). The fourth-order valence-electron chi connectivity index (χ4n) is 4.23. The maximum absolute atomic E-state index is 12.6. The second-order valence-electron chi connectivity index (χ2n) is 9.12. The number of ether oxygens (including phenoxy) is 1. The number of rotatable bonds is 8. The average molecular weight is 529 g/mol. The van der Waals surface area contributed by atoms with E-state index >= 15 is 0 Å². The van der Waals surface area contributed by atoms with E-state index in [-0.39, 0.29) is 29.6 Å². The van der Waals surface area contributed by atoms with Gasteiger partial charge < -0.3 is 29.7 Å². The van der Waals surface area contributed by atoms with E-state index in [1.54, 1.807) is 43.3 Å². The van der Waals surface area contributed by atoms with Crippen LogP contribution in [0.3, 0.4) is 0 Å². The number of aromatic carboxylic acids is 1. The first-order chi connectivity index (χ1) is 18.6. The highest BCUT2D eigenvalue weighted by Crippen LogP contribution is 2.33. The number of fused-ring (bicyclic) bond motifs is 1. The molecule has 0 aliphatic heterocycles. The third kappa shape index (κ3) is 5.65. The van der Waals surface area contributed by atoms with Crippen LogP contribution >= 0.6 is 0 Å². The number of methoxy groups -OCH3 is 1. The fraction of sp³-hybridized carbons (Fsp3) is 0.172. The van der Waals surface area contributed by atoms with E-state index in [2.05, 4.69) is 4.98 Å². The summed E-state index contributed by atoms with van der Waals surface area (Å²) in [4.78, 5) is 47.4. The molecule has 0 aliphatic carbocycles. The molecule has 4 rings (SSSR count).